The van der Waals surface area contributed by atoms with Gasteiger partial charge in [0, 0.05) is 17.6 Å². The van der Waals surface area contributed by atoms with Crippen LogP contribution in [0.3, 0.4) is 0 Å². The van der Waals surface area contributed by atoms with Crippen molar-refractivity contribution in [1.82, 2.24) is 4.90 Å². The van der Waals surface area contributed by atoms with Gasteiger partial charge in [0.15, 0.2) is 5.43 Å². The Labute approximate surface area is 176 Å². The SMILES string of the molecule is Cc1ccc2oc3c(c(=O)c2c1)[C@H](c1ccc(Br)cc1)N(C[C@H]1CCCO1)C3=O. The number of aryl methyl sites for hydroxylation is 1. The van der Waals surface area contributed by atoms with E-state index in [0.29, 0.717) is 29.7 Å². The number of nitrogens with zero attached hydrogens (tertiary/aromatic N) is 1. The van der Waals surface area contributed by atoms with Gasteiger partial charge >= 0.3 is 0 Å². The third-order valence-corrected chi connectivity index (χ3v) is 6.26. The van der Waals surface area contributed by atoms with Crippen LogP contribution in [0.4, 0.5) is 0 Å². The number of halogens is 1. The molecular weight excluding hydrogens is 434 g/mol. The second-order valence-electron chi connectivity index (χ2n) is 7.72. The fourth-order valence-electron chi connectivity index (χ4n) is 4.32. The number of hydrogen-bond donors (Lipinski definition) is 0. The van der Waals surface area contributed by atoms with Crippen molar-refractivity contribution in [3.63, 3.8) is 0 Å². The van der Waals surface area contributed by atoms with Crippen molar-refractivity contribution >= 4 is 32.8 Å². The maximum atomic E-state index is 13.5. The molecule has 5 rings (SSSR count). The summed E-state index contributed by atoms with van der Waals surface area (Å²) in [6, 6.07) is 12.7. The largest absolute Gasteiger partial charge is 0.450 e. The van der Waals surface area contributed by atoms with Gasteiger partial charge in [-0.2, -0.15) is 0 Å². The van der Waals surface area contributed by atoms with Crippen LogP contribution in [-0.4, -0.2) is 30.1 Å². The van der Waals surface area contributed by atoms with Crippen LogP contribution < -0.4 is 5.43 Å². The topological polar surface area (TPSA) is 59.8 Å². The molecule has 2 aromatic carbocycles. The fraction of sp³-hybridized carbons (Fsp3) is 0.304. The first-order chi connectivity index (χ1) is 14.0. The first kappa shape index (κ1) is 18.6. The fourth-order valence-corrected chi connectivity index (χ4v) is 4.59. The van der Waals surface area contributed by atoms with Gasteiger partial charge in [-0.3, -0.25) is 9.59 Å². The summed E-state index contributed by atoms with van der Waals surface area (Å²) in [5.41, 5.74) is 2.60. The number of ether oxygens (including phenoxy) is 1. The lowest BCUT2D eigenvalue weighted by molar-refractivity contribution is 0.0486. The van der Waals surface area contributed by atoms with Crippen molar-refractivity contribution in [2.24, 2.45) is 0 Å². The van der Waals surface area contributed by atoms with Crippen molar-refractivity contribution in [2.45, 2.75) is 31.9 Å². The van der Waals surface area contributed by atoms with E-state index in [-0.39, 0.29) is 23.2 Å². The van der Waals surface area contributed by atoms with Crippen molar-refractivity contribution in [3.05, 3.63) is 79.6 Å². The number of carbonyl (C=O) groups excluding carboxylic acids is 1. The first-order valence-electron chi connectivity index (χ1n) is 9.78. The molecule has 6 heteroatoms. The third-order valence-electron chi connectivity index (χ3n) is 5.73. The smallest absolute Gasteiger partial charge is 0.291 e. The van der Waals surface area contributed by atoms with Crippen LogP contribution in [0.1, 0.15) is 46.1 Å². The molecule has 3 heterocycles. The van der Waals surface area contributed by atoms with E-state index in [0.717, 1.165) is 28.4 Å². The molecular formula is C23H20BrNO4. The number of amides is 1. The van der Waals surface area contributed by atoms with Gasteiger partial charge in [-0.05, 0) is 49.6 Å². The zero-order chi connectivity index (χ0) is 20.1. The molecule has 1 aromatic heterocycles. The molecule has 0 saturated carbocycles. The van der Waals surface area contributed by atoms with Crippen molar-refractivity contribution < 1.29 is 13.9 Å². The summed E-state index contributed by atoms with van der Waals surface area (Å²) in [4.78, 5) is 28.5. The van der Waals surface area contributed by atoms with Crippen molar-refractivity contribution in [3.8, 4) is 0 Å². The van der Waals surface area contributed by atoms with Gasteiger partial charge < -0.3 is 14.1 Å². The predicted molar refractivity (Wildman–Crippen MR) is 113 cm³/mol. The van der Waals surface area contributed by atoms with Crippen LogP contribution >= 0.6 is 15.9 Å². The lowest BCUT2D eigenvalue weighted by Crippen LogP contribution is -2.36. The number of rotatable bonds is 3. The summed E-state index contributed by atoms with van der Waals surface area (Å²) in [5.74, 6) is -0.0970. The highest BCUT2D eigenvalue weighted by Gasteiger charge is 2.43. The highest BCUT2D eigenvalue weighted by molar-refractivity contribution is 9.10. The molecule has 5 nitrogen and oxygen atoms in total. The molecule has 0 unspecified atom stereocenters. The van der Waals surface area contributed by atoms with Crippen LogP contribution in [0.5, 0.6) is 0 Å². The molecule has 29 heavy (non-hydrogen) atoms. The molecule has 0 radical (unpaired) electrons. The summed E-state index contributed by atoms with van der Waals surface area (Å²) >= 11 is 3.46. The zero-order valence-electron chi connectivity index (χ0n) is 16.0. The highest BCUT2D eigenvalue weighted by atomic mass is 79.9. The Balaban J connectivity index is 1.71. The average Bonchev–Trinajstić information content (AvgIpc) is 3.32. The maximum Gasteiger partial charge on any atom is 0.291 e. The molecule has 1 amide bonds. The Kier molecular flexibility index (Phi) is 4.56. The van der Waals surface area contributed by atoms with Crippen LogP contribution in [0.25, 0.3) is 11.0 Å². The van der Waals surface area contributed by atoms with E-state index in [1.54, 1.807) is 11.0 Å². The third kappa shape index (κ3) is 3.11. The quantitative estimate of drug-likeness (QED) is 0.581. The summed E-state index contributed by atoms with van der Waals surface area (Å²) in [6.07, 6.45) is 1.89. The van der Waals surface area contributed by atoms with Gasteiger partial charge in [0.2, 0.25) is 5.76 Å². The summed E-state index contributed by atoms with van der Waals surface area (Å²) in [6.45, 7) is 3.09. The highest BCUT2D eigenvalue weighted by Crippen LogP contribution is 2.39. The maximum absolute atomic E-state index is 13.5. The van der Waals surface area contributed by atoms with E-state index < -0.39 is 6.04 Å². The standard InChI is InChI=1S/C23H20BrNO4/c1-13-4-9-18-17(11-13)21(26)19-20(14-5-7-15(24)8-6-14)25(23(27)22(19)29-18)12-16-3-2-10-28-16/h4-9,11,16,20H,2-3,10,12H2,1H3/t16-,20+/m1/s1. The van der Waals surface area contributed by atoms with Gasteiger partial charge in [0.1, 0.15) is 5.58 Å². The Bertz CT molecular complexity index is 1160. The van der Waals surface area contributed by atoms with Crippen molar-refractivity contribution in [1.29, 1.82) is 0 Å². The molecule has 2 atom stereocenters. The van der Waals surface area contributed by atoms with E-state index >= 15 is 0 Å². The van der Waals surface area contributed by atoms with Crippen LogP contribution in [0, 0.1) is 6.92 Å². The average molecular weight is 454 g/mol. The van der Waals surface area contributed by atoms with Gasteiger partial charge in [-0.25, -0.2) is 0 Å². The predicted octanol–water partition coefficient (Wildman–Crippen LogP) is 4.59. The Morgan fingerprint density at radius 1 is 1.14 bits per heavy atom. The molecule has 0 aliphatic carbocycles. The minimum Gasteiger partial charge on any atom is -0.450 e. The second-order valence-corrected chi connectivity index (χ2v) is 8.64. The molecule has 3 aromatic rings. The summed E-state index contributed by atoms with van der Waals surface area (Å²) in [7, 11) is 0. The molecule has 148 valence electrons. The second kappa shape index (κ2) is 7.11. The van der Waals surface area contributed by atoms with Crippen LogP contribution in [0.2, 0.25) is 0 Å². The van der Waals surface area contributed by atoms with E-state index in [1.807, 2.05) is 43.3 Å². The number of hydrogen-bond acceptors (Lipinski definition) is 4. The molecule has 2 aliphatic heterocycles. The molecule has 1 saturated heterocycles. The molecule has 0 N–H and O–H groups in total. The summed E-state index contributed by atoms with van der Waals surface area (Å²) < 4.78 is 12.7. The van der Waals surface area contributed by atoms with Crippen molar-refractivity contribution in [2.75, 3.05) is 13.2 Å². The zero-order valence-corrected chi connectivity index (χ0v) is 17.6. The van der Waals surface area contributed by atoms with Gasteiger partial charge in [-0.1, -0.05) is 39.7 Å². The lowest BCUT2D eigenvalue weighted by Gasteiger charge is -2.27. The number of carbonyl (C=O) groups is 1. The van der Waals surface area contributed by atoms with E-state index in [2.05, 4.69) is 15.9 Å². The Hall–Kier alpha value is -2.44. The van der Waals surface area contributed by atoms with Gasteiger partial charge in [-0.15, -0.1) is 0 Å². The van der Waals surface area contributed by atoms with E-state index in [4.69, 9.17) is 9.15 Å². The van der Waals surface area contributed by atoms with E-state index in [1.165, 1.54) is 0 Å². The summed E-state index contributed by atoms with van der Waals surface area (Å²) in [5, 5.41) is 0.512. The first-order valence-corrected chi connectivity index (χ1v) is 10.6. The minimum absolute atomic E-state index is 0.0158. The monoisotopic (exact) mass is 453 g/mol. The van der Waals surface area contributed by atoms with Crippen LogP contribution in [-0.2, 0) is 4.74 Å². The van der Waals surface area contributed by atoms with Crippen LogP contribution in [0.15, 0.2) is 56.1 Å². The lowest BCUT2D eigenvalue weighted by atomic mass is 9.98. The number of fused-ring (bicyclic) bond motifs is 2. The Morgan fingerprint density at radius 2 is 1.93 bits per heavy atom. The number of benzene rings is 2. The minimum atomic E-state index is -0.476. The van der Waals surface area contributed by atoms with Gasteiger partial charge in [0.25, 0.3) is 5.91 Å². The molecule has 0 bridgehead atoms. The molecule has 1 fully saturated rings. The van der Waals surface area contributed by atoms with Gasteiger partial charge in [0.05, 0.1) is 23.1 Å². The molecule has 0 spiro atoms. The molecule has 2 aliphatic rings. The van der Waals surface area contributed by atoms with E-state index in [9.17, 15) is 9.59 Å². The normalized spacial score (nSPS) is 21.2. The Morgan fingerprint density at radius 3 is 2.66 bits per heavy atom.